The van der Waals surface area contributed by atoms with E-state index in [1.165, 1.54) is 14.0 Å². The first-order valence-corrected chi connectivity index (χ1v) is 8.06. The second-order valence-corrected chi connectivity index (χ2v) is 5.94. The largest absolute Gasteiger partial charge is 0.493 e. The van der Waals surface area contributed by atoms with Crippen molar-refractivity contribution in [3.8, 4) is 11.5 Å². The van der Waals surface area contributed by atoms with Gasteiger partial charge in [0.05, 0.1) is 7.11 Å². The maximum Gasteiger partial charge on any atom is 0.265 e. The summed E-state index contributed by atoms with van der Waals surface area (Å²) in [6, 6.07) is 10.7. The van der Waals surface area contributed by atoms with Crippen LogP contribution >= 0.6 is 0 Å². The van der Waals surface area contributed by atoms with E-state index in [9.17, 15) is 9.59 Å². The van der Waals surface area contributed by atoms with E-state index in [1.807, 2.05) is 32.0 Å². The molecule has 1 N–H and O–H groups in total. The highest BCUT2D eigenvalue weighted by Gasteiger charge is 2.19. The van der Waals surface area contributed by atoms with Crippen molar-refractivity contribution >= 4 is 17.4 Å². The molecule has 0 saturated carbocycles. The predicted molar refractivity (Wildman–Crippen MR) is 97.6 cm³/mol. The summed E-state index contributed by atoms with van der Waals surface area (Å²) in [5.41, 5.74) is 3.30. The Morgan fingerprint density at radius 3 is 2.24 bits per heavy atom. The van der Waals surface area contributed by atoms with E-state index in [-0.39, 0.29) is 11.7 Å². The lowest BCUT2D eigenvalue weighted by Gasteiger charge is -2.18. The number of nitrogens with one attached hydrogen (secondary N) is 1. The first-order chi connectivity index (χ1) is 11.8. The molecular weight excluding hydrogens is 318 g/mol. The summed E-state index contributed by atoms with van der Waals surface area (Å²) in [4.78, 5) is 23.9. The average Bonchev–Trinajstić information content (AvgIpc) is 2.58. The van der Waals surface area contributed by atoms with Crippen molar-refractivity contribution in [2.45, 2.75) is 33.8 Å². The molecule has 0 aliphatic rings. The molecule has 0 saturated heterocycles. The van der Waals surface area contributed by atoms with E-state index >= 15 is 0 Å². The highest BCUT2D eigenvalue weighted by Crippen LogP contribution is 2.29. The van der Waals surface area contributed by atoms with Crippen molar-refractivity contribution in [2.75, 3.05) is 12.4 Å². The van der Waals surface area contributed by atoms with Gasteiger partial charge in [0.15, 0.2) is 23.4 Å². The Morgan fingerprint density at radius 2 is 1.68 bits per heavy atom. The molecule has 0 heterocycles. The molecule has 2 aromatic carbocycles. The molecule has 25 heavy (non-hydrogen) atoms. The van der Waals surface area contributed by atoms with Crippen molar-refractivity contribution in [1.82, 2.24) is 0 Å². The lowest BCUT2D eigenvalue weighted by molar-refractivity contribution is -0.122. The van der Waals surface area contributed by atoms with Gasteiger partial charge in [0.1, 0.15) is 0 Å². The van der Waals surface area contributed by atoms with Crippen molar-refractivity contribution in [1.29, 1.82) is 0 Å². The van der Waals surface area contributed by atoms with E-state index in [0.717, 1.165) is 16.8 Å². The summed E-state index contributed by atoms with van der Waals surface area (Å²) in [5.74, 6) is 0.511. The van der Waals surface area contributed by atoms with Crippen molar-refractivity contribution in [3.05, 3.63) is 53.1 Å². The maximum absolute atomic E-state index is 12.5. The van der Waals surface area contributed by atoms with Gasteiger partial charge in [-0.25, -0.2) is 0 Å². The number of benzene rings is 2. The standard InChI is InChI=1S/C20H23NO4/c1-12-7-6-8-13(2)19(12)21-20(23)15(4)25-17-10-9-16(14(3)22)11-18(17)24-5/h6-11,15H,1-5H3,(H,21,23)/t15-/m1/s1. The highest BCUT2D eigenvalue weighted by molar-refractivity contribution is 5.96. The zero-order valence-electron chi connectivity index (χ0n) is 15.2. The molecule has 0 fully saturated rings. The van der Waals surface area contributed by atoms with Crippen LogP contribution in [-0.2, 0) is 4.79 Å². The molecule has 1 amide bonds. The first kappa shape index (κ1) is 18.5. The normalized spacial score (nSPS) is 11.6. The van der Waals surface area contributed by atoms with Gasteiger partial charge in [-0.05, 0) is 57.0 Å². The quantitative estimate of drug-likeness (QED) is 0.809. The molecule has 2 aromatic rings. The van der Waals surface area contributed by atoms with Crippen LogP contribution in [0.5, 0.6) is 11.5 Å². The third-order valence-electron chi connectivity index (χ3n) is 3.97. The molecule has 1 atom stereocenters. The van der Waals surface area contributed by atoms with Crippen LogP contribution in [0.15, 0.2) is 36.4 Å². The zero-order valence-corrected chi connectivity index (χ0v) is 15.2. The minimum absolute atomic E-state index is 0.0642. The number of rotatable bonds is 6. The maximum atomic E-state index is 12.5. The molecule has 0 bridgehead atoms. The van der Waals surface area contributed by atoms with E-state index in [0.29, 0.717) is 17.1 Å². The average molecular weight is 341 g/mol. The van der Waals surface area contributed by atoms with Gasteiger partial charge < -0.3 is 14.8 Å². The van der Waals surface area contributed by atoms with E-state index in [4.69, 9.17) is 9.47 Å². The Kier molecular flexibility index (Phi) is 5.80. The van der Waals surface area contributed by atoms with Gasteiger partial charge in [0, 0.05) is 11.3 Å². The third-order valence-corrected chi connectivity index (χ3v) is 3.97. The molecular formula is C20H23NO4. The first-order valence-electron chi connectivity index (χ1n) is 8.06. The van der Waals surface area contributed by atoms with E-state index in [1.54, 1.807) is 25.1 Å². The molecule has 0 unspecified atom stereocenters. The van der Waals surface area contributed by atoms with Crippen LogP contribution in [0.3, 0.4) is 0 Å². The predicted octanol–water partition coefficient (Wildman–Crippen LogP) is 3.92. The second-order valence-electron chi connectivity index (χ2n) is 5.94. The van der Waals surface area contributed by atoms with Crippen LogP contribution in [0.25, 0.3) is 0 Å². The number of aryl methyl sites for hydroxylation is 2. The van der Waals surface area contributed by atoms with Crippen LogP contribution in [0.2, 0.25) is 0 Å². The SMILES string of the molecule is COc1cc(C(C)=O)ccc1O[C@H](C)C(=O)Nc1c(C)cccc1C. The zero-order chi connectivity index (χ0) is 18.6. The van der Waals surface area contributed by atoms with Crippen molar-refractivity contribution < 1.29 is 19.1 Å². The number of methoxy groups -OCH3 is 1. The molecule has 132 valence electrons. The van der Waals surface area contributed by atoms with Gasteiger partial charge >= 0.3 is 0 Å². The molecule has 0 aliphatic carbocycles. The summed E-state index contributed by atoms with van der Waals surface area (Å²) in [7, 11) is 1.49. The Hall–Kier alpha value is -2.82. The lowest BCUT2D eigenvalue weighted by atomic mass is 10.1. The van der Waals surface area contributed by atoms with Gasteiger partial charge in [0.25, 0.3) is 5.91 Å². The summed E-state index contributed by atoms with van der Waals surface area (Å²) < 4.78 is 11.0. The number of hydrogen-bond acceptors (Lipinski definition) is 4. The number of ether oxygens (including phenoxy) is 2. The Labute approximate surface area is 148 Å². The van der Waals surface area contributed by atoms with Crippen LogP contribution in [0, 0.1) is 13.8 Å². The minimum atomic E-state index is -0.726. The summed E-state index contributed by atoms with van der Waals surface area (Å²) in [6.07, 6.45) is -0.726. The van der Waals surface area contributed by atoms with Crippen LogP contribution < -0.4 is 14.8 Å². The van der Waals surface area contributed by atoms with Crippen LogP contribution in [0.1, 0.15) is 35.3 Å². The van der Waals surface area contributed by atoms with Crippen LogP contribution in [-0.4, -0.2) is 24.9 Å². The van der Waals surface area contributed by atoms with Crippen molar-refractivity contribution in [2.24, 2.45) is 0 Å². The van der Waals surface area contributed by atoms with Crippen LogP contribution in [0.4, 0.5) is 5.69 Å². The molecule has 0 aliphatic heterocycles. The number of carbonyl (C=O) groups excluding carboxylic acids is 2. The Bertz CT molecular complexity index is 778. The van der Waals surface area contributed by atoms with E-state index < -0.39 is 6.10 Å². The molecule has 0 radical (unpaired) electrons. The number of ketones is 1. The number of carbonyl (C=O) groups is 2. The topological polar surface area (TPSA) is 64.6 Å². The number of hydrogen-bond donors (Lipinski definition) is 1. The Balaban J connectivity index is 2.15. The van der Waals surface area contributed by atoms with E-state index in [2.05, 4.69) is 5.32 Å². The van der Waals surface area contributed by atoms with Gasteiger partial charge in [-0.1, -0.05) is 18.2 Å². The Morgan fingerprint density at radius 1 is 1.04 bits per heavy atom. The van der Waals surface area contributed by atoms with Gasteiger partial charge in [-0.15, -0.1) is 0 Å². The molecule has 5 nitrogen and oxygen atoms in total. The highest BCUT2D eigenvalue weighted by atomic mass is 16.5. The van der Waals surface area contributed by atoms with Gasteiger partial charge in [0.2, 0.25) is 0 Å². The molecule has 0 spiro atoms. The number of amides is 1. The summed E-state index contributed by atoms with van der Waals surface area (Å²) >= 11 is 0. The number of para-hydroxylation sites is 1. The minimum Gasteiger partial charge on any atom is -0.493 e. The van der Waals surface area contributed by atoms with Gasteiger partial charge in [-0.2, -0.15) is 0 Å². The fraction of sp³-hybridized carbons (Fsp3) is 0.300. The third kappa shape index (κ3) is 4.38. The summed E-state index contributed by atoms with van der Waals surface area (Å²) in [5, 5.41) is 2.91. The molecule has 5 heteroatoms. The lowest BCUT2D eigenvalue weighted by Crippen LogP contribution is -2.30. The summed E-state index contributed by atoms with van der Waals surface area (Å²) in [6.45, 7) is 7.03. The monoisotopic (exact) mass is 341 g/mol. The smallest absolute Gasteiger partial charge is 0.265 e. The number of anilines is 1. The molecule has 0 aromatic heterocycles. The number of Topliss-reactive ketones (excluding diaryl/α,β-unsaturated/α-hetero) is 1. The fourth-order valence-corrected chi connectivity index (χ4v) is 2.46. The second kappa shape index (κ2) is 7.83. The van der Waals surface area contributed by atoms with Gasteiger partial charge in [-0.3, -0.25) is 9.59 Å². The molecule has 2 rings (SSSR count). The van der Waals surface area contributed by atoms with Crippen molar-refractivity contribution in [3.63, 3.8) is 0 Å². The fourth-order valence-electron chi connectivity index (χ4n) is 2.46.